The van der Waals surface area contributed by atoms with Crippen LogP contribution in [0.1, 0.15) is 48.9 Å². The fraction of sp³-hybridized carbons (Fsp3) is 0.533. The maximum atomic E-state index is 12.0. The Labute approximate surface area is 127 Å². The molecule has 1 aliphatic carbocycles. The maximum Gasteiger partial charge on any atom is 0.255 e. The van der Waals surface area contributed by atoms with Gasteiger partial charge in [0, 0.05) is 10.1 Å². The SMILES string of the molecule is O=C(NCCC1CCCCC1)c1cc(I)ccc1O. The number of carbonyl (C=O) groups is 1. The second-order valence-electron chi connectivity index (χ2n) is 5.21. The molecule has 0 aromatic heterocycles. The predicted octanol–water partition coefficient (Wildman–Crippen LogP) is 3.70. The van der Waals surface area contributed by atoms with Crippen molar-refractivity contribution in [3.05, 3.63) is 27.3 Å². The average molecular weight is 373 g/mol. The Bertz CT molecular complexity index is 442. The number of phenolic OH excluding ortho intramolecular Hbond substituents is 1. The summed E-state index contributed by atoms with van der Waals surface area (Å²) in [5, 5.41) is 12.6. The average Bonchev–Trinajstić information content (AvgIpc) is 2.42. The van der Waals surface area contributed by atoms with E-state index in [2.05, 4.69) is 27.9 Å². The van der Waals surface area contributed by atoms with E-state index in [1.807, 2.05) is 0 Å². The second kappa shape index (κ2) is 7.12. The van der Waals surface area contributed by atoms with Crippen molar-refractivity contribution >= 4 is 28.5 Å². The monoisotopic (exact) mass is 373 g/mol. The van der Waals surface area contributed by atoms with Gasteiger partial charge in [0.25, 0.3) is 5.91 Å². The van der Waals surface area contributed by atoms with E-state index in [0.717, 1.165) is 15.9 Å². The number of carbonyl (C=O) groups excluding carboxylic acids is 1. The molecular formula is C15H20INO2. The van der Waals surface area contributed by atoms with Crippen LogP contribution in [-0.4, -0.2) is 17.6 Å². The number of rotatable bonds is 4. The first kappa shape index (κ1) is 14.6. The van der Waals surface area contributed by atoms with Gasteiger partial charge in [-0.3, -0.25) is 4.79 Å². The van der Waals surface area contributed by atoms with E-state index in [4.69, 9.17) is 0 Å². The molecule has 0 spiro atoms. The van der Waals surface area contributed by atoms with Gasteiger partial charge in [-0.1, -0.05) is 32.1 Å². The number of aromatic hydroxyl groups is 1. The van der Waals surface area contributed by atoms with Gasteiger partial charge < -0.3 is 10.4 Å². The number of hydrogen-bond acceptors (Lipinski definition) is 2. The van der Waals surface area contributed by atoms with Crippen molar-refractivity contribution in [1.82, 2.24) is 5.32 Å². The summed E-state index contributed by atoms with van der Waals surface area (Å²) in [6.45, 7) is 0.703. The molecule has 0 saturated heterocycles. The van der Waals surface area contributed by atoms with Gasteiger partial charge in [-0.25, -0.2) is 0 Å². The van der Waals surface area contributed by atoms with Crippen LogP contribution in [0.2, 0.25) is 0 Å². The minimum absolute atomic E-state index is 0.0515. The molecule has 1 aromatic rings. The van der Waals surface area contributed by atoms with Gasteiger partial charge in [0.15, 0.2) is 0 Å². The van der Waals surface area contributed by atoms with Crippen molar-refractivity contribution in [3.63, 3.8) is 0 Å². The minimum Gasteiger partial charge on any atom is -0.507 e. The van der Waals surface area contributed by atoms with Gasteiger partial charge in [-0.2, -0.15) is 0 Å². The fourth-order valence-corrected chi connectivity index (χ4v) is 3.14. The van der Waals surface area contributed by atoms with Crippen LogP contribution in [0.15, 0.2) is 18.2 Å². The van der Waals surface area contributed by atoms with E-state index in [1.165, 1.54) is 32.1 Å². The van der Waals surface area contributed by atoms with Crippen LogP contribution in [-0.2, 0) is 0 Å². The summed E-state index contributed by atoms with van der Waals surface area (Å²) in [6.07, 6.45) is 7.66. The molecule has 0 aliphatic heterocycles. The topological polar surface area (TPSA) is 49.3 Å². The van der Waals surface area contributed by atoms with Gasteiger partial charge in [0.05, 0.1) is 5.56 Å². The molecule has 3 nitrogen and oxygen atoms in total. The van der Waals surface area contributed by atoms with Crippen LogP contribution < -0.4 is 5.32 Å². The fourth-order valence-electron chi connectivity index (χ4n) is 2.65. The normalized spacial score (nSPS) is 16.3. The molecule has 1 aliphatic rings. The van der Waals surface area contributed by atoms with Crippen LogP contribution in [0.25, 0.3) is 0 Å². The van der Waals surface area contributed by atoms with E-state index in [0.29, 0.717) is 12.1 Å². The number of benzene rings is 1. The maximum absolute atomic E-state index is 12.0. The molecule has 1 aromatic carbocycles. The summed E-state index contributed by atoms with van der Waals surface area (Å²) in [5.41, 5.74) is 0.371. The Morgan fingerprint density at radius 2 is 2.05 bits per heavy atom. The van der Waals surface area contributed by atoms with Crippen LogP contribution in [0.4, 0.5) is 0 Å². The molecule has 0 bridgehead atoms. The van der Waals surface area contributed by atoms with Crippen LogP contribution in [0, 0.1) is 9.49 Å². The van der Waals surface area contributed by atoms with Crippen molar-refractivity contribution in [2.45, 2.75) is 38.5 Å². The highest BCUT2D eigenvalue weighted by Gasteiger charge is 2.15. The third-order valence-corrected chi connectivity index (χ3v) is 4.44. The molecule has 0 unspecified atom stereocenters. The number of nitrogens with one attached hydrogen (secondary N) is 1. The summed E-state index contributed by atoms with van der Waals surface area (Å²) in [6, 6.07) is 5.07. The van der Waals surface area contributed by atoms with Crippen molar-refractivity contribution in [1.29, 1.82) is 0 Å². The van der Waals surface area contributed by atoms with E-state index in [1.54, 1.807) is 18.2 Å². The first-order valence-electron chi connectivity index (χ1n) is 6.93. The zero-order valence-electron chi connectivity index (χ0n) is 11.0. The number of phenols is 1. The zero-order chi connectivity index (χ0) is 13.7. The Kier molecular flexibility index (Phi) is 5.48. The van der Waals surface area contributed by atoms with Crippen molar-refractivity contribution in [3.8, 4) is 5.75 Å². The molecular weight excluding hydrogens is 353 g/mol. The zero-order valence-corrected chi connectivity index (χ0v) is 13.2. The van der Waals surface area contributed by atoms with Crippen LogP contribution in [0.5, 0.6) is 5.75 Å². The lowest BCUT2D eigenvalue weighted by atomic mass is 9.87. The van der Waals surface area contributed by atoms with Crippen molar-refractivity contribution < 1.29 is 9.90 Å². The van der Waals surface area contributed by atoms with Gasteiger partial charge >= 0.3 is 0 Å². The summed E-state index contributed by atoms with van der Waals surface area (Å²) >= 11 is 2.14. The molecule has 104 valence electrons. The predicted molar refractivity (Wildman–Crippen MR) is 84.3 cm³/mol. The Hall–Kier alpha value is -0.780. The first-order chi connectivity index (χ1) is 9.16. The Morgan fingerprint density at radius 1 is 1.32 bits per heavy atom. The molecule has 1 amide bonds. The quantitative estimate of drug-likeness (QED) is 0.791. The lowest BCUT2D eigenvalue weighted by Gasteiger charge is -2.21. The highest BCUT2D eigenvalue weighted by atomic mass is 127. The molecule has 2 rings (SSSR count). The van der Waals surface area contributed by atoms with Gasteiger partial charge in [-0.05, 0) is 53.1 Å². The standard InChI is InChI=1S/C15H20INO2/c16-12-6-7-14(18)13(10-12)15(19)17-9-8-11-4-2-1-3-5-11/h6-7,10-11,18H,1-5,8-9H2,(H,17,19). The molecule has 4 heteroatoms. The Morgan fingerprint density at radius 3 is 2.79 bits per heavy atom. The third kappa shape index (κ3) is 4.37. The van der Waals surface area contributed by atoms with E-state index >= 15 is 0 Å². The minimum atomic E-state index is -0.174. The summed E-state index contributed by atoms with van der Waals surface area (Å²) < 4.78 is 0.952. The third-order valence-electron chi connectivity index (χ3n) is 3.77. The summed E-state index contributed by atoms with van der Waals surface area (Å²) in [5.74, 6) is 0.640. The number of halogens is 1. The smallest absolute Gasteiger partial charge is 0.255 e. The van der Waals surface area contributed by atoms with Crippen LogP contribution in [0.3, 0.4) is 0 Å². The molecule has 0 radical (unpaired) electrons. The van der Waals surface area contributed by atoms with Crippen molar-refractivity contribution in [2.24, 2.45) is 5.92 Å². The molecule has 0 heterocycles. The highest BCUT2D eigenvalue weighted by molar-refractivity contribution is 14.1. The van der Waals surface area contributed by atoms with E-state index in [-0.39, 0.29) is 11.7 Å². The summed E-state index contributed by atoms with van der Waals surface area (Å²) in [7, 11) is 0. The van der Waals surface area contributed by atoms with Crippen LogP contribution >= 0.6 is 22.6 Å². The molecule has 2 N–H and O–H groups in total. The highest BCUT2D eigenvalue weighted by Crippen LogP contribution is 2.26. The number of hydrogen-bond donors (Lipinski definition) is 2. The molecule has 1 fully saturated rings. The second-order valence-corrected chi connectivity index (χ2v) is 6.46. The van der Waals surface area contributed by atoms with Crippen molar-refractivity contribution in [2.75, 3.05) is 6.54 Å². The number of amides is 1. The molecule has 1 saturated carbocycles. The Balaban J connectivity index is 1.82. The van der Waals surface area contributed by atoms with Gasteiger partial charge in [0.1, 0.15) is 5.75 Å². The molecule has 0 atom stereocenters. The molecule has 19 heavy (non-hydrogen) atoms. The van der Waals surface area contributed by atoms with Gasteiger partial charge in [-0.15, -0.1) is 0 Å². The lowest BCUT2D eigenvalue weighted by molar-refractivity contribution is 0.0947. The van der Waals surface area contributed by atoms with Gasteiger partial charge in [0.2, 0.25) is 0 Å². The van der Waals surface area contributed by atoms with E-state index < -0.39 is 0 Å². The first-order valence-corrected chi connectivity index (χ1v) is 8.01. The summed E-state index contributed by atoms with van der Waals surface area (Å²) in [4.78, 5) is 12.0. The lowest BCUT2D eigenvalue weighted by Crippen LogP contribution is -2.26. The largest absolute Gasteiger partial charge is 0.507 e. The van der Waals surface area contributed by atoms with E-state index in [9.17, 15) is 9.90 Å².